The first-order valence-electron chi connectivity index (χ1n) is 6.45. The summed E-state index contributed by atoms with van der Waals surface area (Å²) in [5.74, 6) is -0.298. The number of benzene rings is 1. The van der Waals surface area contributed by atoms with Crippen LogP contribution in [0, 0.1) is 0 Å². The summed E-state index contributed by atoms with van der Waals surface area (Å²) in [4.78, 5) is 12.1. The van der Waals surface area contributed by atoms with Crippen molar-refractivity contribution in [3.63, 3.8) is 0 Å². The molecule has 0 fully saturated rings. The third kappa shape index (κ3) is 5.76. The molecule has 8 heteroatoms. The normalized spacial score (nSPS) is 11.4. The maximum Gasteiger partial charge on any atom is 0.251 e. The maximum atomic E-state index is 12.0. The Morgan fingerprint density at radius 3 is 2.32 bits per heavy atom. The van der Waals surface area contributed by atoms with Crippen molar-refractivity contribution in [2.24, 2.45) is 5.73 Å². The minimum atomic E-state index is -3.58. The lowest BCUT2D eigenvalue weighted by Crippen LogP contribution is -2.48. The van der Waals surface area contributed by atoms with E-state index < -0.39 is 15.6 Å². The molecule has 1 aromatic rings. The van der Waals surface area contributed by atoms with Crippen molar-refractivity contribution in [2.75, 3.05) is 13.1 Å². The molecule has 0 spiro atoms. The number of carbonyl (C=O) groups is 1. The number of nitrogens with one attached hydrogen (secondary N) is 2. The predicted octanol–water partition coefficient (Wildman–Crippen LogP) is 1.04. The highest BCUT2D eigenvalue weighted by molar-refractivity contribution is 7.89. The van der Waals surface area contributed by atoms with Crippen molar-refractivity contribution in [2.45, 2.75) is 24.3 Å². The molecule has 0 heterocycles. The highest BCUT2D eigenvalue weighted by Gasteiger charge is 2.20. The number of amides is 1. The van der Waals surface area contributed by atoms with Crippen molar-refractivity contribution in [3.8, 4) is 0 Å². The average Bonchev–Trinajstić information content (AvgIpc) is 2.45. The van der Waals surface area contributed by atoms with Crippen molar-refractivity contribution in [1.82, 2.24) is 10.0 Å². The molecule has 0 aliphatic carbocycles. The van der Waals surface area contributed by atoms with E-state index in [2.05, 4.69) is 16.6 Å². The number of carbonyl (C=O) groups excluding carboxylic acids is 1. The molecular weight excluding hydrogens is 326 g/mol. The molecule has 0 atom stereocenters. The molecule has 0 saturated carbocycles. The minimum Gasteiger partial charge on any atom is -0.346 e. The Morgan fingerprint density at radius 1 is 1.32 bits per heavy atom. The number of nitrogens with two attached hydrogens (primary N) is 1. The molecule has 22 heavy (non-hydrogen) atoms. The van der Waals surface area contributed by atoms with E-state index in [0.717, 1.165) is 0 Å². The fourth-order valence-corrected chi connectivity index (χ4v) is 2.47. The molecule has 0 unspecified atom stereocenters. The summed E-state index contributed by atoms with van der Waals surface area (Å²) in [7, 11) is -3.58. The zero-order chi connectivity index (χ0) is 16.1. The van der Waals surface area contributed by atoms with E-state index >= 15 is 0 Å². The van der Waals surface area contributed by atoms with Gasteiger partial charge >= 0.3 is 0 Å². The molecule has 1 rings (SSSR count). The SMILES string of the molecule is C=CCNS(=O)(=O)c1ccc(C(=O)NC(C)(C)CN)cc1.Cl. The second kappa shape index (κ2) is 8.28. The van der Waals surface area contributed by atoms with Gasteiger partial charge in [-0.15, -0.1) is 19.0 Å². The van der Waals surface area contributed by atoms with Gasteiger partial charge in [-0.2, -0.15) is 0 Å². The Balaban J connectivity index is 0.00000441. The second-order valence-electron chi connectivity index (χ2n) is 5.21. The summed E-state index contributed by atoms with van der Waals surface area (Å²) in [5, 5.41) is 2.77. The molecule has 0 aliphatic rings. The lowest BCUT2D eigenvalue weighted by Gasteiger charge is -2.24. The molecule has 4 N–H and O–H groups in total. The molecule has 0 radical (unpaired) electrons. The summed E-state index contributed by atoms with van der Waals surface area (Å²) in [6, 6.07) is 5.69. The summed E-state index contributed by atoms with van der Waals surface area (Å²) < 4.78 is 26.1. The molecule has 1 amide bonds. The molecule has 1 aromatic carbocycles. The van der Waals surface area contributed by atoms with Crippen LogP contribution in [0.1, 0.15) is 24.2 Å². The van der Waals surface area contributed by atoms with Crippen LogP contribution < -0.4 is 15.8 Å². The van der Waals surface area contributed by atoms with E-state index in [1.165, 1.54) is 30.3 Å². The van der Waals surface area contributed by atoms with E-state index in [9.17, 15) is 13.2 Å². The van der Waals surface area contributed by atoms with Gasteiger partial charge in [-0.3, -0.25) is 4.79 Å². The smallest absolute Gasteiger partial charge is 0.251 e. The fourth-order valence-electron chi connectivity index (χ4n) is 1.47. The summed E-state index contributed by atoms with van der Waals surface area (Å²) in [6.07, 6.45) is 1.45. The Morgan fingerprint density at radius 2 is 1.86 bits per heavy atom. The first-order valence-corrected chi connectivity index (χ1v) is 7.93. The molecule has 0 aromatic heterocycles. The Bertz CT molecular complexity index is 613. The van der Waals surface area contributed by atoms with Crippen LogP contribution in [0.25, 0.3) is 0 Å². The second-order valence-corrected chi connectivity index (χ2v) is 6.97. The van der Waals surface area contributed by atoms with Gasteiger partial charge in [0.2, 0.25) is 10.0 Å². The van der Waals surface area contributed by atoms with Crippen molar-refractivity contribution in [1.29, 1.82) is 0 Å². The van der Waals surface area contributed by atoms with Crippen LogP contribution in [0.15, 0.2) is 41.8 Å². The van der Waals surface area contributed by atoms with Crippen molar-refractivity contribution < 1.29 is 13.2 Å². The standard InChI is InChI=1S/C14H21N3O3S.ClH/c1-4-9-16-21(19,20)12-7-5-11(6-8-12)13(18)17-14(2,3)10-15;/h4-8,16H,1,9-10,15H2,2-3H3,(H,17,18);1H. The zero-order valence-corrected chi connectivity index (χ0v) is 14.3. The van der Waals surface area contributed by atoms with Gasteiger partial charge in [-0.25, -0.2) is 13.1 Å². The highest BCUT2D eigenvalue weighted by Crippen LogP contribution is 2.11. The summed E-state index contributed by atoms with van der Waals surface area (Å²) in [6.45, 7) is 7.51. The van der Waals surface area contributed by atoms with Crippen LogP contribution in [0.5, 0.6) is 0 Å². The topological polar surface area (TPSA) is 101 Å². The monoisotopic (exact) mass is 347 g/mol. The maximum absolute atomic E-state index is 12.0. The molecular formula is C14H22ClN3O3S. The molecule has 0 aliphatic heterocycles. The van der Waals surface area contributed by atoms with Gasteiger partial charge in [0, 0.05) is 24.2 Å². The van der Waals surface area contributed by atoms with Gasteiger partial charge in [-0.05, 0) is 38.1 Å². The third-order valence-corrected chi connectivity index (χ3v) is 4.25. The van der Waals surface area contributed by atoms with Gasteiger partial charge in [0.25, 0.3) is 5.91 Å². The van der Waals surface area contributed by atoms with Crippen LogP contribution in [-0.4, -0.2) is 33.0 Å². The minimum absolute atomic E-state index is 0. The number of hydrogen-bond donors (Lipinski definition) is 3. The Kier molecular flexibility index (Phi) is 7.75. The lowest BCUT2D eigenvalue weighted by atomic mass is 10.1. The summed E-state index contributed by atoms with van der Waals surface area (Å²) in [5.41, 5.74) is 5.40. The van der Waals surface area contributed by atoms with Gasteiger partial charge in [0.05, 0.1) is 4.90 Å². The number of hydrogen-bond acceptors (Lipinski definition) is 4. The van der Waals surface area contributed by atoms with Crippen LogP contribution in [0.3, 0.4) is 0 Å². The van der Waals surface area contributed by atoms with E-state index in [1.807, 2.05) is 13.8 Å². The largest absolute Gasteiger partial charge is 0.346 e. The first-order chi connectivity index (χ1) is 9.72. The number of rotatable bonds is 7. The van der Waals surface area contributed by atoms with E-state index in [-0.39, 0.29) is 29.8 Å². The van der Waals surface area contributed by atoms with E-state index in [4.69, 9.17) is 5.73 Å². The number of sulfonamides is 1. The summed E-state index contributed by atoms with van der Waals surface area (Å²) >= 11 is 0. The molecule has 0 saturated heterocycles. The quantitative estimate of drug-likeness (QED) is 0.641. The van der Waals surface area contributed by atoms with Crippen LogP contribution in [0.4, 0.5) is 0 Å². The zero-order valence-electron chi connectivity index (χ0n) is 12.6. The highest BCUT2D eigenvalue weighted by atomic mass is 35.5. The van der Waals surface area contributed by atoms with Gasteiger partial charge in [0.1, 0.15) is 0 Å². The molecule has 124 valence electrons. The molecule has 0 bridgehead atoms. The van der Waals surface area contributed by atoms with Crippen LogP contribution >= 0.6 is 12.4 Å². The van der Waals surface area contributed by atoms with Gasteiger partial charge in [-0.1, -0.05) is 6.08 Å². The predicted molar refractivity (Wildman–Crippen MR) is 89.7 cm³/mol. The third-order valence-electron chi connectivity index (χ3n) is 2.81. The van der Waals surface area contributed by atoms with Crippen molar-refractivity contribution in [3.05, 3.63) is 42.5 Å². The lowest BCUT2D eigenvalue weighted by molar-refractivity contribution is 0.0915. The Labute approximate surface area is 137 Å². The Hall–Kier alpha value is -1.41. The van der Waals surface area contributed by atoms with E-state index in [1.54, 1.807) is 0 Å². The van der Waals surface area contributed by atoms with Crippen LogP contribution in [-0.2, 0) is 10.0 Å². The van der Waals surface area contributed by atoms with Gasteiger partial charge in [0.15, 0.2) is 0 Å². The number of halogens is 1. The van der Waals surface area contributed by atoms with Crippen LogP contribution in [0.2, 0.25) is 0 Å². The average molecular weight is 348 g/mol. The van der Waals surface area contributed by atoms with Crippen molar-refractivity contribution >= 4 is 28.3 Å². The fraction of sp³-hybridized carbons (Fsp3) is 0.357. The molecule has 6 nitrogen and oxygen atoms in total. The van der Waals surface area contributed by atoms with E-state index in [0.29, 0.717) is 12.1 Å². The van der Waals surface area contributed by atoms with Gasteiger partial charge < -0.3 is 11.1 Å². The first kappa shape index (κ1) is 20.6.